The van der Waals surface area contributed by atoms with Crippen LogP contribution in [0.2, 0.25) is 0 Å². The van der Waals surface area contributed by atoms with Gasteiger partial charge in [-0.2, -0.15) is 0 Å². The fourth-order valence-electron chi connectivity index (χ4n) is 1.34. The third-order valence-electron chi connectivity index (χ3n) is 1.96. The van der Waals surface area contributed by atoms with E-state index in [2.05, 4.69) is 4.98 Å². The zero-order valence-electron chi connectivity index (χ0n) is 6.64. The molecule has 13 heavy (non-hydrogen) atoms. The monoisotopic (exact) mass is 183 g/mol. The first-order valence-corrected chi connectivity index (χ1v) is 3.78. The molecule has 1 heterocycles. The van der Waals surface area contributed by atoms with Crippen molar-refractivity contribution in [1.29, 1.82) is 0 Å². The molecule has 0 aliphatic carbocycles. The highest BCUT2D eigenvalue weighted by atomic mass is 19.1. The first kappa shape index (κ1) is 8.19. The SMILES string of the molecule is OCc1c[nH]c2c(F)cc(F)cc12. The Morgan fingerprint density at radius 2 is 2.08 bits per heavy atom. The fourth-order valence-corrected chi connectivity index (χ4v) is 1.34. The first-order valence-electron chi connectivity index (χ1n) is 3.78. The predicted octanol–water partition coefficient (Wildman–Crippen LogP) is 1.94. The van der Waals surface area contributed by atoms with Gasteiger partial charge in [-0.25, -0.2) is 8.78 Å². The third kappa shape index (κ3) is 1.19. The van der Waals surface area contributed by atoms with Crippen molar-refractivity contribution in [3.05, 3.63) is 35.5 Å². The Balaban J connectivity index is 2.82. The molecule has 1 aromatic heterocycles. The molecule has 1 aromatic carbocycles. The van der Waals surface area contributed by atoms with Gasteiger partial charge in [0.1, 0.15) is 11.6 Å². The van der Waals surface area contributed by atoms with Crippen molar-refractivity contribution >= 4 is 10.9 Å². The van der Waals surface area contributed by atoms with E-state index in [1.807, 2.05) is 0 Å². The number of aliphatic hydroxyl groups excluding tert-OH is 1. The van der Waals surface area contributed by atoms with Crippen molar-refractivity contribution in [2.45, 2.75) is 6.61 Å². The van der Waals surface area contributed by atoms with Crippen LogP contribution < -0.4 is 0 Å². The Morgan fingerprint density at radius 1 is 1.31 bits per heavy atom. The maximum absolute atomic E-state index is 13.0. The van der Waals surface area contributed by atoms with Gasteiger partial charge in [0, 0.05) is 23.2 Å². The molecule has 2 nitrogen and oxygen atoms in total. The molecule has 0 fully saturated rings. The third-order valence-corrected chi connectivity index (χ3v) is 1.96. The van der Waals surface area contributed by atoms with Crippen molar-refractivity contribution in [2.24, 2.45) is 0 Å². The van der Waals surface area contributed by atoms with E-state index in [4.69, 9.17) is 5.11 Å². The van der Waals surface area contributed by atoms with Crippen LogP contribution in [0.5, 0.6) is 0 Å². The molecular formula is C9H7F2NO. The average molecular weight is 183 g/mol. The second kappa shape index (κ2) is 2.81. The van der Waals surface area contributed by atoms with E-state index >= 15 is 0 Å². The zero-order valence-corrected chi connectivity index (χ0v) is 6.64. The minimum Gasteiger partial charge on any atom is -0.392 e. The van der Waals surface area contributed by atoms with E-state index in [0.717, 1.165) is 6.07 Å². The number of rotatable bonds is 1. The molecule has 0 atom stereocenters. The minimum atomic E-state index is -0.644. The van der Waals surface area contributed by atoms with Gasteiger partial charge in [0.2, 0.25) is 0 Å². The minimum absolute atomic E-state index is 0.227. The number of H-pyrrole nitrogens is 1. The maximum Gasteiger partial charge on any atom is 0.150 e. The second-order valence-corrected chi connectivity index (χ2v) is 2.78. The van der Waals surface area contributed by atoms with E-state index < -0.39 is 11.6 Å². The summed E-state index contributed by atoms with van der Waals surface area (Å²) in [6.45, 7) is -0.233. The number of benzene rings is 1. The highest BCUT2D eigenvalue weighted by molar-refractivity contribution is 5.83. The number of fused-ring (bicyclic) bond motifs is 1. The zero-order chi connectivity index (χ0) is 9.42. The molecule has 0 amide bonds. The summed E-state index contributed by atoms with van der Waals surface area (Å²) in [7, 11) is 0. The van der Waals surface area contributed by atoms with Crippen molar-refractivity contribution in [2.75, 3.05) is 0 Å². The van der Waals surface area contributed by atoms with Crippen LogP contribution in [0.4, 0.5) is 8.78 Å². The van der Waals surface area contributed by atoms with Gasteiger partial charge >= 0.3 is 0 Å². The van der Waals surface area contributed by atoms with Crippen LogP contribution in [0.15, 0.2) is 18.3 Å². The van der Waals surface area contributed by atoms with Crippen molar-refractivity contribution in [3.63, 3.8) is 0 Å². The highest BCUT2D eigenvalue weighted by Gasteiger charge is 2.08. The smallest absolute Gasteiger partial charge is 0.150 e. The summed E-state index contributed by atoms with van der Waals surface area (Å²) >= 11 is 0. The van der Waals surface area contributed by atoms with Crippen molar-refractivity contribution in [1.82, 2.24) is 4.98 Å². The second-order valence-electron chi connectivity index (χ2n) is 2.78. The lowest BCUT2D eigenvalue weighted by Gasteiger charge is -1.95. The fraction of sp³-hybridized carbons (Fsp3) is 0.111. The van der Waals surface area contributed by atoms with E-state index in [1.165, 1.54) is 12.3 Å². The Hall–Kier alpha value is -1.42. The lowest BCUT2D eigenvalue weighted by atomic mass is 10.2. The van der Waals surface area contributed by atoms with Crippen LogP contribution in [0.1, 0.15) is 5.56 Å². The molecule has 0 unspecified atom stereocenters. The molecule has 0 saturated heterocycles. The molecule has 2 rings (SSSR count). The van der Waals surface area contributed by atoms with Crippen LogP contribution in [0.25, 0.3) is 10.9 Å². The van der Waals surface area contributed by atoms with Crippen LogP contribution in [0.3, 0.4) is 0 Å². The number of hydrogen-bond donors (Lipinski definition) is 2. The Morgan fingerprint density at radius 3 is 2.77 bits per heavy atom. The van der Waals surface area contributed by atoms with E-state index in [-0.39, 0.29) is 12.1 Å². The molecule has 68 valence electrons. The lowest BCUT2D eigenvalue weighted by molar-refractivity contribution is 0.283. The van der Waals surface area contributed by atoms with Gasteiger partial charge < -0.3 is 10.1 Å². The molecule has 0 saturated carbocycles. The topological polar surface area (TPSA) is 36.0 Å². The lowest BCUT2D eigenvalue weighted by Crippen LogP contribution is -1.83. The Kier molecular flexibility index (Phi) is 1.77. The van der Waals surface area contributed by atoms with Gasteiger partial charge in [0.25, 0.3) is 0 Å². The van der Waals surface area contributed by atoms with Crippen LogP contribution in [-0.2, 0) is 6.61 Å². The molecule has 0 aliphatic rings. The largest absolute Gasteiger partial charge is 0.392 e. The number of nitrogens with one attached hydrogen (secondary N) is 1. The van der Waals surface area contributed by atoms with Crippen LogP contribution in [0, 0.1) is 11.6 Å². The van der Waals surface area contributed by atoms with Gasteiger partial charge in [-0.1, -0.05) is 0 Å². The van der Waals surface area contributed by atoms with E-state index in [1.54, 1.807) is 0 Å². The molecule has 4 heteroatoms. The molecule has 0 spiro atoms. The van der Waals surface area contributed by atoms with E-state index in [0.29, 0.717) is 10.9 Å². The Bertz CT molecular complexity index is 450. The average Bonchev–Trinajstić information content (AvgIpc) is 2.47. The summed E-state index contributed by atoms with van der Waals surface area (Å²) in [5.41, 5.74) is 0.721. The summed E-state index contributed by atoms with van der Waals surface area (Å²) in [4.78, 5) is 2.63. The highest BCUT2D eigenvalue weighted by Crippen LogP contribution is 2.22. The predicted molar refractivity (Wildman–Crippen MR) is 44.1 cm³/mol. The number of hydrogen-bond acceptors (Lipinski definition) is 1. The molecule has 0 aliphatic heterocycles. The summed E-state index contributed by atoms with van der Waals surface area (Å²) in [5, 5.41) is 9.23. The standard InChI is InChI=1S/C9H7F2NO/c10-6-1-7-5(4-13)3-12-9(7)8(11)2-6/h1-3,12-13H,4H2. The maximum atomic E-state index is 13.0. The van der Waals surface area contributed by atoms with Gasteiger partial charge in [0.15, 0.2) is 0 Å². The van der Waals surface area contributed by atoms with Crippen molar-refractivity contribution in [3.8, 4) is 0 Å². The summed E-state index contributed by atoms with van der Waals surface area (Å²) in [6.07, 6.45) is 1.47. The summed E-state index contributed by atoms with van der Waals surface area (Å²) in [5.74, 6) is -1.28. The van der Waals surface area contributed by atoms with E-state index in [9.17, 15) is 8.78 Å². The molecular weight excluding hydrogens is 176 g/mol. The number of aromatic amines is 1. The van der Waals surface area contributed by atoms with Gasteiger partial charge in [-0.05, 0) is 6.07 Å². The molecule has 0 radical (unpaired) electrons. The first-order chi connectivity index (χ1) is 6.22. The van der Waals surface area contributed by atoms with Gasteiger partial charge in [0.05, 0.1) is 12.1 Å². The van der Waals surface area contributed by atoms with Crippen LogP contribution in [-0.4, -0.2) is 10.1 Å². The normalized spacial score (nSPS) is 11.0. The summed E-state index contributed by atoms with van der Waals surface area (Å²) < 4.78 is 25.8. The molecule has 2 aromatic rings. The van der Waals surface area contributed by atoms with Crippen molar-refractivity contribution < 1.29 is 13.9 Å². The van der Waals surface area contributed by atoms with Gasteiger partial charge in [-0.3, -0.25) is 0 Å². The quantitative estimate of drug-likeness (QED) is 0.696. The van der Waals surface area contributed by atoms with Gasteiger partial charge in [-0.15, -0.1) is 0 Å². The summed E-state index contributed by atoms with van der Waals surface area (Å²) in [6, 6.07) is 2.00. The number of aromatic nitrogens is 1. The molecule has 2 N–H and O–H groups in total. The Labute approximate surface area is 72.8 Å². The molecule has 0 bridgehead atoms. The van der Waals surface area contributed by atoms with Crippen LogP contribution >= 0.6 is 0 Å². The number of aliphatic hydroxyl groups is 1. The number of halogens is 2.